The molecule has 1 aromatic heterocycles. The maximum Gasteiger partial charge on any atom is 0.219 e. The monoisotopic (exact) mass is 229 g/mol. The molecule has 0 radical (unpaired) electrons. The van der Waals surface area contributed by atoms with Crippen LogP contribution in [-0.4, -0.2) is 28.2 Å². The zero-order valence-electron chi connectivity index (χ0n) is 9.69. The van der Waals surface area contributed by atoms with E-state index < -0.39 is 0 Å². The molecule has 0 aliphatic rings. The second-order valence-electron chi connectivity index (χ2n) is 4.05. The van der Waals surface area contributed by atoms with Crippen molar-refractivity contribution in [3.8, 4) is 0 Å². The van der Waals surface area contributed by atoms with Crippen molar-refractivity contribution >= 4 is 16.5 Å². The first-order chi connectivity index (χ1) is 7.04. The van der Waals surface area contributed by atoms with E-state index in [1.54, 1.807) is 0 Å². The van der Waals surface area contributed by atoms with Crippen molar-refractivity contribution in [2.45, 2.75) is 33.4 Å². The number of nitrogens with zero attached hydrogens (tertiary/aromatic N) is 3. The Bertz CT molecular complexity index is 298. The Labute approximate surface area is 94.7 Å². The quantitative estimate of drug-likeness (QED) is 0.588. The third-order valence-electron chi connectivity index (χ3n) is 2.64. The highest BCUT2D eigenvalue weighted by molar-refractivity contribution is 7.15. The Hall–Kier alpha value is -0.720. The minimum Gasteiger partial charge on any atom is -0.298 e. The van der Waals surface area contributed by atoms with Gasteiger partial charge in [0.15, 0.2) is 0 Å². The fourth-order valence-electron chi connectivity index (χ4n) is 1.24. The Morgan fingerprint density at radius 1 is 1.40 bits per heavy atom. The Morgan fingerprint density at radius 3 is 2.53 bits per heavy atom. The molecular weight excluding hydrogens is 210 g/mol. The molecular formula is C9H19N5S. The molecule has 1 rings (SSSR count). The van der Waals surface area contributed by atoms with Crippen molar-refractivity contribution in [1.29, 1.82) is 0 Å². The van der Waals surface area contributed by atoms with Gasteiger partial charge < -0.3 is 0 Å². The molecule has 86 valence electrons. The first kappa shape index (κ1) is 12.4. The molecule has 0 aliphatic carbocycles. The number of anilines is 1. The molecule has 0 bridgehead atoms. The molecule has 5 nitrogen and oxygen atoms in total. The lowest BCUT2D eigenvalue weighted by Gasteiger charge is -2.26. The number of hydrazine groups is 1. The highest BCUT2D eigenvalue weighted by Crippen LogP contribution is 2.17. The summed E-state index contributed by atoms with van der Waals surface area (Å²) in [6.07, 6.45) is 0. The molecule has 0 saturated heterocycles. The van der Waals surface area contributed by atoms with E-state index in [1.807, 2.05) is 0 Å². The second kappa shape index (κ2) is 5.39. The summed E-state index contributed by atoms with van der Waals surface area (Å²) in [6.45, 7) is 7.47. The summed E-state index contributed by atoms with van der Waals surface area (Å²) in [5.74, 6) is 5.88. The molecule has 0 aliphatic heterocycles. The van der Waals surface area contributed by atoms with Crippen molar-refractivity contribution in [2.24, 2.45) is 11.8 Å². The van der Waals surface area contributed by atoms with Crippen LogP contribution in [0.15, 0.2) is 0 Å². The van der Waals surface area contributed by atoms with Gasteiger partial charge in [0.05, 0.1) is 6.54 Å². The van der Waals surface area contributed by atoms with Gasteiger partial charge in [-0.2, -0.15) is 0 Å². The minimum atomic E-state index is 0.531. The average Bonchev–Trinajstić information content (AvgIpc) is 2.64. The molecule has 1 aromatic rings. The van der Waals surface area contributed by atoms with Crippen molar-refractivity contribution < 1.29 is 0 Å². The number of nitrogens with two attached hydrogens (primary N) is 1. The molecule has 0 saturated carbocycles. The summed E-state index contributed by atoms with van der Waals surface area (Å²) in [7, 11) is 2.10. The van der Waals surface area contributed by atoms with Crippen molar-refractivity contribution in [3.63, 3.8) is 0 Å². The summed E-state index contributed by atoms with van der Waals surface area (Å²) < 4.78 is 0. The zero-order chi connectivity index (χ0) is 11.4. The predicted molar refractivity (Wildman–Crippen MR) is 63.5 cm³/mol. The maximum atomic E-state index is 5.25. The predicted octanol–water partition coefficient (Wildman–Crippen LogP) is 1.30. The van der Waals surface area contributed by atoms with Crippen LogP contribution < -0.4 is 11.3 Å². The van der Waals surface area contributed by atoms with Gasteiger partial charge in [0, 0.05) is 6.04 Å². The summed E-state index contributed by atoms with van der Waals surface area (Å²) in [5, 5.41) is 9.60. The first-order valence-electron chi connectivity index (χ1n) is 5.03. The van der Waals surface area contributed by atoms with Crippen LogP contribution in [0.2, 0.25) is 0 Å². The standard InChI is InChI=1S/C9H19N5S/c1-6(2)7(3)14(4)5-8-12-13-9(11-10)15-8/h6-7H,5,10H2,1-4H3,(H,11,13). The van der Waals surface area contributed by atoms with Gasteiger partial charge in [0.1, 0.15) is 5.01 Å². The number of aromatic nitrogens is 2. The van der Waals surface area contributed by atoms with Gasteiger partial charge in [0.2, 0.25) is 5.13 Å². The van der Waals surface area contributed by atoms with E-state index >= 15 is 0 Å². The summed E-state index contributed by atoms with van der Waals surface area (Å²) in [5.41, 5.74) is 2.50. The molecule has 0 aromatic carbocycles. The van der Waals surface area contributed by atoms with Gasteiger partial charge in [-0.15, -0.1) is 10.2 Å². The third-order valence-corrected chi connectivity index (χ3v) is 3.47. The van der Waals surface area contributed by atoms with Gasteiger partial charge in [-0.25, -0.2) is 5.84 Å². The molecule has 6 heteroatoms. The van der Waals surface area contributed by atoms with E-state index in [-0.39, 0.29) is 0 Å². The molecule has 0 fully saturated rings. The number of hydrogen-bond donors (Lipinski definition) is 2. The summed E-state index contributed by atoms with van der Waals surface area (Å²) in [6, 6.07) is 0.531. The zero-order valence-corrected chi connectivity index (χ0v) is 10.5. The molecule has 0 spiro atoms. The van der Waals surface area contributed by atoms with E-state index in [1.165, 1.54) is 11.3 Å². The fraction of sp³-hybridized carbons (Fsp3) is 0.778. The van der Waals surface area contributed by atoms with E-state index in [9.17, 15) is 0 Å². The van der Waals surface area contributed by atoms with Crippen LogP contribution >= 0.6 is 11.3 Å². The lowest BCUT2D eigenvalue weighted by molar-refractivity contribution is 0.200. The van der Waals surface area contributed by atoms with E-state index in [0.717, 1.165) is 11.6 Å². The second-order valence-corrected chi connectivity index (χ2v) is 5.11. The maximum absolute atomic E-state index is 5.25. The SMILES string of the molecule is CC(C)C(C)N(C)Cc1nnc(NN)s1. The van der Waals surface area contributed by atoms with Crippen LogP contribution in [0.3, 0.4) is 0 Å². The molecule has 3 N–H and O–H groups in total. The normalized spacial score (nSPS) is 13.5. The van der Waals surface area contributed by atoms with Crippen molar-refractivity contribution in [2.75, 3.05) is 12.5 Å². The van der Waals surface area contributed by atoms with Crippen LogP contribution in [-0.2, 0) is 6.54 Å². The highest BCUT2D eigenvalue weighted by atomic mass is 32.1. The largest absolute Gasteiger partial charge is 0.298 e. The van der Waals surface area contributed by atoms with Gasteiger partial charge in [-0.1, -0.05) is 25.2 Å². The van der Waals surface area contributed by atoms with Gasteiger partial charge in [-0.3, -0.25) is 10.3 Å². The van der Waals surface area contributed by atoms with E-state index in [4.69, 9.17) is 5.84 Å². The van der Waals surface area contributed by atoms with Crippen LogP contribution in [0.5, 0.6) is 0 Å². The number of nitrogen functional groups attached to an aromatic ring is 1. The molecule has 1 heterocycles. The third kappa shape index (κ3) is 3.40. The van der Waals surface area contributed by atoms with Crippen LogP contribution in [0.4, 0.5) is 5.13 Å². The Morgan fingerprint density at radius 2 is 2.07 bits per heavy atom. The summed E-state index contributed by atoms with van der Waals surface area (Å²) in [4.78, 5) is 2.27. The molecule has 1 atom stereocenters. The lowest BCUT2D eigenvalue weighted by atomic mass is 10.1. The average molecular weight is 229 g/mol. The minimum absolute atomic E-state index is 0.531. The van der Waals surface area contributed by atoms with Crippen LogP contribution in [0.1, 0.15) is 25.8 Å². The van der Waals surface area contributed by atoms with Gasteiger partial charge in [0.25, 0.3) is 0 Å². The smallest absolute Gasteiger partial charge is 0.219 e. The first-order valence-corrected chi connectivity index (χ1v) is 5.85. The van der Waals surface area contributed by atoms with E-state index in [0.29, 0.717) is 17.1 Å². The topological polar surface area (TPSA) is 67.1 Å². The molecule has 1 unspecified atom stereocenters. The van der Waals surface area contributed by atoms with Crippen LogP contribution in [0, 0.1) is 5.92 Å². The fourth-order valence-corrected chi connectivity index (χ4v) is 1.96. The number of hydrogen-bond acceptors (Lipinski definition) is 6. The molecule has 0 amide bonds. The van der Waals surface area contributed by atoms with Crippen molar-refractivity contribution in [3.05, 3.63) is 5.01 Å². The Kier molecular flexibility index (Phi) is 4.44. The highest BCUT2D eigenvalue weighted by Gasteiger charge is 2.15. The summed E-state index contributed by atoms with van der Waals surface area (Å²) >= 11 is 1.49. The van der Waals surface area contributed by atoms with Crippen LogP contribution in [0.25, 0.3) is 0 Å². The van der Waals surface area contributed by atoms with E-state index in [2.05, 4.69) is 48.3 Å². The lowest BCUT2D eigenvalue weighted by Crippen LogP contribution is -2.32. The van der Waals surface area contributed by atoms with Gasteiger partial charge in [-0.05, 0) is 19.9 Å². The Balaban J connectivity index is 2.54. The van der Waals surface area contributed by atoms with Gasteiger partial charge >= 0.3 is 0 Å². The number of nitrogens with one attached hydrogen (secondary N) is 1. The van der Waals surface area contributed by atoms with Crippen molar-refractivity contribution in [1.82, 2.24) is 15.1 Å². The number of rotatable bonds is 5. The molecule has 15 heavy (non-hydrogen) atoms.